The lowest BCUT2D eigenvalue weighted by molar-refractivity contribution is -0.119. The molecule has 0 bridgehead atoms. The van der Waals surface area contributed by atoms with Gasteiger partial charge in [0.05, 0.1) is 5.69 Å². The standard InChI is InChI=1S/C26H22FNO3/c1-2-3-18-4-5-21(24(27)16-18)17-31-23-12-8-20(9-13-23)19-6-10-22(11-7-19)28-25(29)14-15-26(28)30/h4-16H,2-3,17H2,1H3. The summed E-state index contributed by atoms with van der Waals surface area (Å²) in [5.41, 5.74) is 3.97. The van der Waals surface area contributed by atoms with Gasteiger partial charge in [-0.05, 0) is 53.4 Å². The maximum absolute atomic E-state index is 14.2. The van der Waals surface area contributed by atoms with E-state index in [2.05, 4.69) is 6.92 Å². The van der Waals surface area contributed by atoms with Gasteiger partial charge in [-0.2, -0.15) is 0 Å². The Kier molecular flexibility index (Phi) is 5.94. The summed E-state index contributed by atoms with van der Waals surface area (Å²) in [6.45, 7) is 2.23. The van der Waals surface area contributed by atoms with Crippen molar-refractivity contribution in [2.24, 2.45) is 0 Å². The number of ether oxygens (including phenoxy) is 1. The Balaban J connectivity index is 1.40. The molecule has 2 amide bonds. The van der Waals surface area contributed by atoms with Gasteiger partial charge in [0.1, 0.15) is 18.2 Å². The van der Waals surface area contributed by atoms with Gasteiger partial charge < -0.3 is 4.74 Å². The summed E-state index contributed by atoms with van der Waals surface area (Å²) in [5.74, 6) is -0.268. The molecule has 1 aliphatic heterocycles. The first-order chi connectivity index (χ1) is 15.0. The topological polar surface area (TPSA) is 46.6 Å². The third-order valence-corrected chi connectivity index (χ3v) is 5.17. The third kappa shape index (κ3) is 4.56. The van der Waals surface area contributed by atoms with E-state index in [1.54, 1.807) is 24.3 Å². The summed E-state index contributed by atoms with van der Waals surface area (Å²) in [7, 11) is 0. The predicted molar refractivity (Wildman–Crippen MR) is 118 cm³/mol. The van der Waals surface area contributed by atoms with E-state index in [0.717, 1.165) is 34.4 Å². The monoisotopic (exact) mass is 415 g/mol. The minimum Gasteiger partial charge on any atom is -0.489 e. The summed E-state index contributed by atoms with van der Waals surface area (Å²) in [6.07, 6.45) is 4.37. The molecule has 1 aliphatic rings. The van der Waals surface area contributed by atoms with Gasteiger partial charge in [0.2, 0.25) is 0 Å². The molecule has 0 spiro atoms. The number of amides is 2. The maximum Gasteiger partial charge on any atom is 0.258 e. The molecule has 3 aromatic rings. The Bertz CT molecular complexity index is 1120. The summed E-state index contributed by atoms with van der Waals surface area (Å²) < 4.78 is 20.0. The Morgan fingerprint density at radius 3 is 2.03 bits per heavy atom. The lowest BCUT2D eigenvalue weighted by Crippen LogP contribution is -2.29. The number of anilines is 1. The molecule has 0 saturated heterocycles. The Morgan fingerprint density at radius 1 is 0.839 bits per heavy atom. The maximum atomic E-state index is 14.2. The second-order valence-electron chi connectivity index (χ2n) is 7.38. The van der Waals surface area contributed by atoms with Crippen LogP contribution in [0.1, 0.15) is 24.5 Å². The van der Waals surface area contributed by atoms with E-state index >= 15 is 0 Å². The molecular formula is C26H22FNO3. The van der Waals surface area contributed by atoms with Gasteiger partial charge in [-0.25, -0.2) is 9.29 Å². The first-order valence-electron chi connectivity index (χ1n) is 10.2. The predicted octanol–water partition coefficient (Wildman–Crippen LogP) is 5.45. The lowest BCUT2D eigenvalue weighted by atomic mass is 10.0. The van der Waals surface area contributed by atoms with Gasteiger partial charge in [0.25, 0.3) is 11.8 Å². The van der Waals surface area contributed by atoms with E-state index in [9.17, 15) is 14.0 Å². The van der Waals surface area contributed by atoms with Crippen molar-refractivity contribution in [3.8, 4) is 16.9 Å². The Hall–Kier alpha value is -3.73. The number of nitrogens with zero attached hydrogens (tertiary/aromatic N) is 1. The normalized spacial score (nSPS) is 13.2. The van der Waals surface area contributed by atoms with Crippen molar-refractivity contribution < 1.29 is 18.7 Å². The smallest absolute Gasteiger partial charge is 0.258 e. The van der Waals surface area contributed by atoms with Gasteiger partial charge in [-0.3, -0.25) is 9.59 Å². The highest BCUT2D eigenvalue weighted by molar-refractivity contribution is 6.28. The third-order valence-electron chi connectivity index (χ3n) is 5.17. The Morgan fingerprint density at radius 2 is 1.45 bits per heavy atom. The number of carbonyl (C=O) groups is 2. The molecule has 0 saturated carbocycles. The second kappa shape index (κ2) is 8.96. The first kappa shape index (κ1) is 20.5. The van der Waals surface area contributed by atoms with Gasteiger partial charge >= 0.3 is 0 Å². The van der Waals surface area contributed by atoms with Crippen LogP contribution in [0, 0.1) is 5.82 Å². The average molecular weight is 415 g/mol. The quantitative estimate of drug-likeness (QED) is 0.482. The summed E-state index contributed by atoms with van der Waals surface area (Å²) in [5, 5.41) is 0. The molecule has 4 nitrogen and oxygen atoms in total. The molecule has 0 N–H and O–H groups in total. The molecular weight excluding hydrogens is 393 g/mol. The van der Waals surface area contributed by atoms with Crippen molar-refractivity contribution in [2.45, 2.75) is 26.4 Å². The van der Waals surface area contributed by atoms with Gasteiger partial charge in [-0.15, -0.1) is 0 Å². The van der Waals surface area contributed by atoms with Crippen molar-refractivity contribution in [2.75, 3.05) is 4.90 Å². The molecule has 0 aliphatic carbocycles. The van der Waals surface area contributed by atoms with E-state index in [-0.39, 0.29) is 24.2 Å². The average Bonchev–Trinajstić information content (AvgIpc) is 3.12. The minimum absolute atomic E-state index is 0.165. The van der Waals surface area contributed by atoms with Crippen molar-refractivity contribution in [1.82, 2.24) is 0 Å². The summed E-state index contributed by atoms with van der Waals surface area (Å²) in [6, 6.07) is 20.0. The molecule has 0 aromatic heterocycles. The van der Waals surface area contributed by atoms with Crippen LogP contribution < -0.4 is 9.64 Å². The van der Waals surface area contributed by atoms with Crippen molar-refractivity contribution in [3.63, 3.8) is 0 Å². The molecule has 0 atom stereocenters. The zero-order valence-electron chi connectivity index (χ0n) is 17.2. The number of hydrogen-bond acceptors (Lipinski definition) is 3. The van der Waals surface area contributed by atoms with Gasteiger partial charge in [-0.1, -0.05) is 49.7 Å². The molecule has 0 fully saturated rings. The molecule has 5 heteroatoms. The number of hydrogen-bond donors (Lipinski definition) is 0. The minimum atomic E-state index is -0.337. The number of aryl methyl sites for hydroxylation is 1. The fraction of sp³-hybridized carbons (Fsp3) is 0.154. The Labute approximate surface area is 180 Å². The molecule has 0 unspecified atom stereocenters. The second-order valence-corrected chi connectivity index (χ2v) is 7.38. The molecule has 4 rings (SSSR count). The van der Waals surface area contributed by atoms with E-state index < -0.39 is 0 Å². The summed E-state index contributed by atoms with van der Waals surface area (Å²) >= 11 is 0. The van der Waals surface area contributed by atoms with Crippen LogP contribution in [-0.4, -0.2) is 11.8 Å². The van der Waals surface area contributed by atoms with E-state index in [1.807, 2.05) is 42.5 Å². The molecule has 3 aromatic carbocycles. The van der Waals surface area contributed by atoms with E-state index in [0.29, 0.717) is 17.0 Å². The van der Waals surface area contributed by atoms with Gasteiger partial charge in [0, 0.05) is 17.7 Å². The van der Waals surface area contributed by atoms with E-state index in [4.69, 9.17) is 4.74 Å². The highest BCUT2D eigenvalue weighted by Gasteiger charge is 2.24. The molecule has 31 heavy (non-hydrogen) atoms. The summed E-state index contributed by atoms with van der Waals surface area (Å²) in [4.78, 5) is 24.7. The van der Waals surface area contributed by atoms with Crippen LogP contribution >= 0.6 is 0 Å². The molecule has 0 radical (unpaired) electrons. The first-order valence-corrected chi connectivity index (χ1v) is 10.2. The number of benzene rings is 3. The fourth-order valence-corrected chi connectivity index (χ4v) is 3.51. The molecule has 156 valence electrons. The van der Waals surface area contributed by atoms with Gasteiger partial charge in [0.15, 0.2) is 0 Å². The van der Waals surface area contributed by atoms with E-state index in [1.165, 1.54) is 12.2 Å². The van der Waals surface area contributed by atoms with Crippen LogP contribution in [-0.2, 0) is 22.6 Å². The largest absolute Gasteiger partial charge is 0.489 e. The highest BCUT2D eigenvalue weighted by Crippen LogP contribution is 2.27. The molecule has 1 heterocycles. The van der Waals surface area contributed by atoms with Crippen LogP contribution in [0.3, 0.4) is 0 Å². The lowest BCUT2D eigenvalue weighted by Gasteiger charge is -2.14. The van der Waals surface area contributed by atoms with Crippen LogP contribution in [0.5, 0.6) is 5.75 Å². The van der Waals surface area contributed by atoms with Crippen LogP contribution in [0.25, 0.3) is 11.1 Å². The number of carbonyl (C=O) groups excluding carboxylic acids is 2. The number of imide groups is 1. The van der Waals surface area contributed by atoms with Crippen LogP contribution in [0.15, 0.2) is 78.9 Å². The number of halogens is 1. The zero-order chi connectivity index (χ0) is 21.8. The van der Waals surface area contributed by atoms with Crippen LogP contribution in [0.2, 0.25) is 0 Å². The van der Waals surface area contributed by atoms with Crippen molar-refractivity contribution in [3.05, 3.63) is 95.8 Å². The number of rotatable bonds is 7. The SMILES string of the molecule is CCCc1ccc(COc2ccc(-c3ccc(N4C(=O)C=CC4=O)cc3)cc2)c(F)c1. The highest BCUT2D eigenvalue weighted by atomic mass is 19.1. The van der Waals surface area contributed by atoms with Crippen LogP contribution in [0.4, 0.5) is 10.1 Å². The van der Waals surface area contributed by atoms with Crippen molar-refractivity contribution in [1.29, 1.82) is 0 Å². The van der Waals surface area contributed by atoms with Crippen molar-refractivity contribution >= 4 is 17.5 Å². The zero-order valence-corrected chi connectivity index (χ0v) is 17.2. The fourth-order valence-electron chi connectivity index (χ4n) is 3.51.